The summed E-state index contributed by atoms with van der Waals surface area (Å²) < 4.78 is 4.52. The number of rotatable bonds is 3. The lowest BCUT2D eigenvalue weighted by molar-refractivity contribution is 1.04. The van der Waals surface area contributed by atoms with Gasteiger partial charge in [0.15, 0.2) is 5.82 Å². The topological polar surface area (TPSA) is 48.5 Å². The highest BCUT2D eigenvalue weighted by Gasteiger charge is 2.18. The average Bonchev–Trinajstić information content (AvgIpc) is 3.58. The Kier molecular flexibility index (Phi) is 4.45. The van der Waals surface area contributed by atoms with Crippen LogP contribution in [0.5, 0.6) is 0 Å². The maximum Gasteiger partial charge on any atom is 0.163 e. The third-order valence-corrected chi connectivity index (χ3v) is 7.32. The first-order valence-electron chi connectivity index (χ1n) is 12.6. The van der Waals surface area contributed by atoms with Crippen LogP contribution in [0.2, 0.25) is 0 Å². The van der Waals surface area contributed by atoms with E-state index in [1.807, 2.05) is 30.5 Å². The van der Waals surface area contributed by atoms with Crippen molar-refractivity contribution >= 4 is 43.5 Å². The van der Waals surface area contributed by atoms with Crippen molar-refractivity contribution in [3.05, 3.63) is 128 Å². The summed E-state index contributed by atoms with van der Waals surface area (Å²) in [4.78, 5) is 13.8. The summed E-state index contributed by atoms with van der Waals surface area (Å²) in [5.74, 6) is 1.49. The first-order valence-corrected chi connectivity index (χ1v) is 12.6. The highest BCUT2D eigenvalue weighted by molar-refractivity contribution is 6.22. The van der Waals surface area contributed by atoms with Gasteiger partial charge in [-0.2, -0.15) is 0 Å². The summed E-state index contributed by atoms with van der Waals surface area (Å²) in [5.41, 5.74) is 5.50. The van der Waals surface area contributed by atoms with Crippen molar-refractivity contribution < 1.29 is 0 Å². The molecule has 0 fully saturated rings. The SMILES string of the molecule is c1ccc(-n2ccc3c4ccc5c6ccccc6n(-c6ccnc(-c7cccnc7)n6)c5c4ccc32)cc1. The zero-order chi connectivity index (χ0) is 25.1. The molecule has 0 saturated carbocycles. The van der Waals surface area contributed by atoms with Crippen LogP contribution in [0.3, 0.4) is 0 Å². The van der Waals surface area contributed by atoms with Gasteiger partial charge < -0.3 is 4.57 Å². The van der Waals surface area contributed by atoms with Gasteiger partial charge in [0.1, 0.15) is 5.82 Å². The number of fused-ring (bicyclic) bond motifs is 7. The largest absolute Gasteiger partial charge is 0.317 e. The van der Waals surface area contributed by atoms with Crippen LogP contribution in [0.15, 0.2) is 128 Å². The van der Waals surface area contributed by atoms with E-state index in [1.165, 1.54) is 32.4 Å². The van der Waals surface area contributed by atoms with E-state index in [9.17, 15) is 0 Å². The normalized spacial score (nSPS) is 11.7. The molecule has 0 amide bonds. The Balaban J connectivity index is 1.45. The monoisotopic (exact) mass is 487 g/mol. The molecule has 5 heteroatoms. The minimum atomic E-state index is 0.657. The van der Waals surface area contributed by atoms with Crippen LogP contribution in [-0.2, 0) is 0 Å². The Morgan fingerprint density at radius 1 is 0.553 bits per heavy atom. The first kappa shape index (κ1) is 20.9. The van der Waals surface area contributed by atoms with Gasteiger partial charge >= 0.3 is 0 Å². The first-order chi connectivity index (χ1) is 18.9. The fraction of sp³-hybridized carbons (Fsp3) is 0. The second kappa shape index (κ2) is 8.11. The molecule has 4 aromatic carbocycles. The number of pyridine rings is 1. The Morgan fingerprint density at radius 2 is 1.34 bits per heavy atom. The molecule has 0 aliphatic rings. The maximum atomic E-state index is 5.01. The molecule has 4 aromatic heterocycles. The van der Waals surface area contributed by atoms with Gasteiger partial charge in [-0.1, -0.05) is 54.6 Å². The van der Waals surface area contributed by atoms with E-state index in [0.29, 0.717) is 5.82 Å². The second-order valence-electron chi connectivity index (χ2n) is 9.41. The van der Waals surface area contributed by atoms with Gasteiger partial charge in [0.25, 0.3) is 0 Å². The van der Waals surface area contributed by atoms with E-state index in [-0.39, 0.29) is 0 Å². The molecular weight excluding hydrogens is 466 g/mol. The van der Waals surface area contributed by atoms with Gasteiger partial charge in [0, 0.05) is 57.6 Å². The molecule has 8 aromatic rings. The number of nitrogens with zero attached hydrogens (tertiary/aromatic N) is 5. The van der Waals surface area contributed by atoms with Crippen LogP contribution < -0.4 is 0 Å². The smallest absolute Gasteiger partial charge is 0.163 e. The number of aromatic nitrogens is 5. The van der Waals surface area contributed by atoms with E-state index in [1.54, 1.807) is 12.4 Å². The Morgan fingerprint density at radius 3 is 2.24 bits per heavy atom. The van der Waals surface area contributed by atoms with Gasteiger partial charge in [-0.15, -0.1) is 0 Å². The van der Waals surface area contributed by atoms with Gasteiger partial charge in [-0.05, 0) is 53.9 Å². The molecular formula is C33H21N5. The third kappa shape index (κ3) is 3.02. The molecule has 38 heavy (non-hydrogen) atoms. The van der Waals surface area contributed by atoms with Crippen LogP contribution in [-0.4, -0.2) is 24.1 Å². The summed E-state index contributed by atoms with van der Waals surface area (Å²) in [6.07, 6.45) is 7.55. The summed E-state index contributed by atoms with van der Waals surface area (Å²) >= 11 is 0. The third-order valence-electron chi connectivity index (χ3n) is 7.32. The minimum absolute atomic E-state index is 0.657. The van der Waals surface area contributed by atoms with Gasteiger partial charge in [-0.3, -0.25) is 9.55 Å². The molecule has 178 valence electrons. The van der Waals surface area contributed by atoms with E-state index in [2.05, 4.69) is 104 Å². The lowest BCUT2D eigenvalue weighted by atomic mass is 10.0. The molecule has 0 spiro atoms. The standard InChI is InChI=1S/C33H21N5/c1-2-8-23(9-3-1)37-20-17-26-24-12-13-28-25-10-4-5-11-30(25)38(32(28)27(24)14-15-29(26)37)31-16-19-35-33(36-31)22-7-6-18-34-21-22/h1-21H. The van der Waals surface area contributed by atoms with E-state index >= 15 is 0 Å². The van der Waals surface area contributed by atoms with Crippen LogP contribution in [0, 0.1) is 0 Å². The number of benzene rings is 4. The van der Waals surface area contributed by atoms with E-state index < -0.39 is 0 Å². The van der Waals surface area contributed by atoms with Crippen LogP contribution in [0.25, 0.3) is 66.4 Å². The molecule has 0 aliphatic carbocycles. The van der Waals surface area contributed by atoms with Crippen molar-refractivity contribution in [1.29, 1.82) is 0 Å². The Labute approximate surface area is 218 Å². The molecule has 0 bridgehead atoms. The molecule has 5 nitrogen and oxygen atoms in total. The molecule has 0 N–H and O–H groups in total. The van der Waals surface area contributed by atoms with E-state index in [4.69, 9.17) is 4.98 Å². The van der Waals surface area contributed by atoms with Crippen LogP contribution in [0.1, 0.15) is 0 Å². The summed E-state index contributed by atoms with van der Waals surface area (Å²) in [6, 6.07) is 36.1. The van der Waals surface area contributed by atoms with Crippen molar-refractivity contribution in [3.8, 4) is 22.9 Å². The zero-order valence-corrected chi connectivity index (χ0v) is 20.4. The van der Waals surface area contributed by atoms with Crippen molar-refractivity contribution in [3.63, 3.8) is 0 Å². The molecule has 0 radical (unpaired) electrons. The molecule has 0 atom stereocenters. The maximum absolute atomic E-state index is 5.01. The average molecular weight is 488 g/mol. The van der Waals surface area contributed by atoms with Crippen molar-refractivity contribution in [2.45, 2.75) is 0 Å². The summed E-state index contributed by atoms with van der Waals surface area (Å²) in [6.45, 7) is 0. The molecule has 4 heterocycles. The minimum Gasteiger partial charge on any atom is -0.317 e. The number of para-hydroxylation sites is 2. The van der Waals surface area contributed by atoms with E-state index in [0.717, 1.165) is 28.1 Å². The van der Waals surface area contributed by atoms with Gasteiger partial charge in [-0.25, -0.2) is 9.97 Å². The predicted octanol–water partition coefficient (Wildman–Crippen LogP) is 7.73. The lowest BCUT2D eigenvalue weighted by Crippen LogP contribution is -2.00. The summed E-state index contributed by atoms with van der Waals surface area (Å²) in [5, 5.41) is 6.04. The lowest BCUT2D eigenvalue weighted by Gasteiger charge is -2.11. The highest BCUT2D eigenvalue weighted by atomic mass is 15.1. The Hall–Kier alpha value is -5.29. The van der Waals surface area contributed by atoms with Gasteiger partial charge in [0.05, 0.1) is 16.6 Å². The fourth-order valence-electron chi connectivity index (χ4n) is 5.65. The summed E-state index contributed by atoms with van der Waals surface area (Å²) in [7, 11) is 0. The van der Waals surface area contributed by atoms with Crippen molar-refractivity contribution in [1.82, 2.24) is 24.1 Å². The second-order valence-corrected chi connectivity index (χ2v) is 9.41. The zero-order valence-electron chi connectivity index (χ0n) is 20.4. The van der Waals surface area contributed by atoms with Crippen LogP contribution in [0.4, 0.5) is 0 Å². The van der Waals surface area contributed by atoms with Crippen molar-refractivity contribution in [2.75, 3.05) is 0 Å². The molecule has 0 unspecified atom stereocenters. The number of hydrogen-bond acceptors (Lipinski definition) is 3. The Bertz CT molecular complexity index is 2120. The molecule has 8 rings (SSSR count). The predicted molar refractivity (Wildman–Crippen MR) is 154 cm³/mol. The van der Waals surface area contributed by atoms with Crippen LogP contribution >= 0.6 is 0 Å². The fourth-order valence-corrected chi connectivity index (χ4v) is 5.65. The highest BCUT2D eigenvalue weighted by Crippen LogP contribution is 2.39. The van der Waals surface area contributed by atoms with Gasteiger partial charge in [0.2, 0.25) is 0 Å². The molecule has 0 saturated heterocycles. The van der Waals surface area contributed by atoms with Crippen molar-refractivity contribution in [2.24, 2.45) is 0 Å². The quantitative estimate of drug-likeness (QED) is 0.256. The number of hydrogen-bond donors (Lipinski definition) is 0. The molecule has 0 aliphatic heterocycles.